The quantitative estimate of drug-likeness (QED) is 0.0758. The van der Waals surface area contributed by atoms with Gasteiger partial charge in [0.15, 0.2) is 6.10 Å². The molecule has 7 N–H and O–H groups in total. The Kier molecular flexibility index (Phi) is 21.9. The van der Waals surface area contributed by atoms with Crippen LogP contribution in [0.5, 0.6) is 0 Å². The van der Waals surface area contributed by atoms with E-state index in [-0.39, 0.29) is 19.2 Å². The first-order valence-electron chi connectivity index (χ1n) is 15.8. The maximum absolute atomic E-state index is 12.0. The summed E-state index contributed by atoms with van der Waals surface area (Å²) in [6, 6.07) is 0. The Morgan fingerprint density at radius 3 is 1.46 bits per heavy atom. The fraction of sp³-hybridized carbons (Fsp3) is 0.967. The SMILES string of the molecule is CCCCCCCCCCCCCCCCCC(=O)O[C@H](CO)[C@H]1OC[C@H](O)[C@H]1O.OC[C@@H](O)[C@H]1OC[C@H](O)[C@H]1O. The van der Waals surface area contributed by atoms with E-state index in [2.05, 4.69) is 6.92 Å². The van der Waals surface area contributed by atoms with Gasteiger partial charge in [-0.25, -0.2) is 0 Å². The van der Waals surface area contributed by atoms with Crippen LogP contribution in [0.25, 0.3) is 0 Å². The zero-order valence-corrected chi connectivity index (χ0v) is 25.0. The third-order valence-corrected chi connectivity index (χ3v) is 7.76. The zero-order chi connectivity index (χ0) is 30.5. The second kappa shape index (κ2) is 23.6. The van der Waals surface area contributed by atoms with Gasteiger partial charge >= 0.3 is 5.97 Å². The molecule has 0 amide bonds. The Morgan fingerprint density at radius 1 is 0.683 bits per heavy atom. The summed E-state index contributed by atoms with van der Waals surface area (Å²) in [5.41, 5.74) is 0. The molecule has 2 heterocycles. The van der Waals surface area contributed by atoms with Crippen LogP contribution in [0.1, 0.15) is 110 Å². The largest absolute Gasteiger partial charge is 0.457 e. The Morgan fingerprint density at radius 2 is 1.10 bits per heavy atom. The molecule has 0 spiro atoms. The molecule has 0 saturated carbocycles. The van der Waals surface area contributed by atoms with Crippen molar-refractivity contribution in [2.24, 2.45) is 0 Å². The highest BCUT2D eigenvalue weighted by Crippen LogP contribution is 2.21. The molecular formula is C30H58O11. The number of esters is 1. The van der Waals surface area contributed by atoms with Crippen LogP contribution in [0.3, 0.4) is 0 Å². The number of hydrogen-bond donors (Lipinski definition) is 7. The van der Waals surface area contributed by atoms with Crippen LogP contribution in [0.2, 0.25) is 0 Å². The Labute approximate surface area is 245 Å². The van der Waals surface area contributed by atoms with Crippen molar-refractivity contribution >= 4 is 5.97 Å². The molecule has 0 radical (unpaired) electrons. The fourth-order valence-corrected chi connectivity index (χ4v) is 5.10. The predicted molar refractivity (Wildman–Crippen MR) is 153 cm³/mol. The summed E-state index contributed by atoms with van der Waals surface area (Å²) in [4.78, 5) is 12.0. The van der Waals surface area contributed by atoms with Crippen LogP contribution in [-0.4, -0.2) is 117 Å². The van der Waals surface area contributed by atoms with Gasteiger partial charge < -0.3 is 50.0 Å². The number of carbonyl (C=O) groups is 1. The topological polar surface area (TPSA) is 186 Å². The highest BCUT2D eigenvalue weighted by atomic mass is 16.6. The summed E-state index contributed by atoms with van der Waals surface area (Å²) < 4.78 is 15.3. The maximum Gasteiger partial charge on any atom is 0.306 e. The van der Waals surface area contributed by atoms with E-state index in [1.165, 1.54) is 77.0 Å². The molecule has 0 aromatic carbocycles. The maximum atomic E-state index is 12.0. The number of carbonyl (C=O) groups excluding carboxylic acids is 1. The molecule has 2 aliphatic rings. The zero-order valence-electron chi connectivity index (χ0n) is 25.0. The van der Waals surface area contributed by atoms with Crippen LogP contribution in [0.4, 0.5) is 0 Å². The van der Waals surface area contributed by atoms with E-state index in [1.54, 1.807) is 0 Å². The van der Waals surface area contributed by atoms with Crippen molar-refractivity contribution in [2.75, 3.05) is 26.4 Å². The van der Waals surface area contributed by atoms with Gasteiger partial charge in [-0.1, -0.05) is 96.8 Å². The lowest BCUT2D eigenvalue weighted by atomic mass is 10.0. The van der Waals surface area contributed by atoms with Gasteiger partial charge in [-0.3, -0.25) is 4.79 Å². The van der Waals surface area contributed by atoms with Crippen molar-refractivity contribution < 1.29 is 54.8 Å². The molecule has 2 rings (SSSR count). The Balaban J connectivity index is 0.000000634. The van der Waals surface area contributed by atoms with Crippen LogP contribution >= 0.6 is 0 Å². The third-order valence-electron chi connectivity index (χ3n) is 7.76. The minimum absolute atomic E-state index is 0.00287. The summed E-state index contributed by atoms with van der Waals surface area (Å²) in [7, 11) is 0. The van der Waals surface area contributed by atoms with Gasteiger partial charge in [0.1, 0.15) is 42.7 Å². The van der Waals surface area contributed by atoms with Crippen molar-refractivity contribution in [3.63, 3.8) is 0 Å². The smallest absolute Gasteiger partial charge is 0.306 e. The monoisotopic (exact) mass is 594 g/mol. The summed E-state index contributed by atoms with van der Waals surface area (Å²) >= 11 is 0. The summed E-state index contributed by atoms with van der Waals surface area (Å²) in [5, 5.41) is 64.2. The molecule has 41 heavy (non-hydrogen) atoms. The lowest BCUT2D eigenvalue weighted by Gasteiger charge is -2.24. The standard InChI is InChI=1S/C24H46O6.C6H12O5/c1-2-3-4-5-6-7-8-9-10-11-12-13-14-15-16-17-22(27)30-21(18-25)24-23(28)20(26)19-29-24;7-1-3(8)6-5(10)4(9)2-11-6/h20-21,23-26,28H,2-19H2,1H3;3-10H,1-2H2/t20-,21+,23+,24+;3-,4+,5-,6-/m01/s1. The minimum Gasteiger partial charge on any atom is -0.457 e. The number of unbranched alkanes of at least 4 members (excludes halogenated alkanes) is 14. The fourth-order valence-electron chi connectivity index (χ4n) is 5.10. The predicted octanol–water partition coefficient (Wildman–Crippen LogP) is 1.73. The second-order valence-corrected chi connectivity index (χ2v) is 11.4. The van der Waals surface area contributed by atoms with Gasteiger partial charge in [0.2, 0.25) is 0 Å². The average molecular weight is 595 g/mol. The molecule has 8 atom stereocenters. The first kappa shape index (κ1) is 38.1. The van der Waals surface area contributed by atoms with E-state index in [0.29, 0.717) is 6.42 Å². The summed E-state index contributed by atoms with van der Waals surface area (Å²) in [6.07, 6.45) is 11.4. The summed E-state index contributed by atoms with van der Waals surface area (Å²) in [5.74, 6) is -0.388. The van der Waals surface area contributed by atoms with Gasteiger partial charge in [-0.15, -0.1) is 0 Å². The van der Waals surface area contributed by atoms with Crippen LogP contribution in [0, 0.1) is 0 Å². The number of hydrogen-bond acceptors (Lipinski definition) is 11. The minimum atomic E-state index is -1.14. The molecule has 2 saturated heterocycles. The molecule has 2 fully saturated rings. The van der Waals surface area contributed by atoms with Crippen LogP contribution < -0.4 is 0 Å². The number of aliphatic hydroxyl groups excluding tert-OH is 7. The molecular weight excluding hydrogens is 536 g/mol. The third kappa shape index (κ3) is 16.0. The lowest BCUT2D eigenvalue weighted by Crippen LogP contribution is -2.43. The van der Waals surface area contributed by atoms with Gasteiger partial charge in [-0.05, 0) is 6.42 Å². The number of aliphatic hydroxyl groups is 7. The normalized spacial score (nSPS) is 27.3. The first-order valence-corrected chi connectivity index (χ1v) is 15.8. The van der Waals surface area contributed by atoms with E-state index in [9.17, 15) is 20.1 Å². The van der Waals surface area contributed by atoms with Crippen LogP contribution in [0.15, 0.2) is 0 Å². The van der Waals surface area contributed by atoms with E-state index >= 15 is 0 Å². The molecule has 0 unspecified atom stereocenters. The summed E-state index contributed by atoms with van der Waals surface area (Å²) in [6.45, 7) is 1.34. The number of ether oxygens (including phenoxy) is 3. The number of rotatable bonds is 21. The molecule has 0 aromatic heterocycles. The highest BCUT2D eigenvalue weighted by molar-refractivity contribution is 5.69. The molecule has 0 bridgehead atoms. The molecule has 11 nitrogen and oxygen atoms in total. The van der Waals surface area contributed by atoms with E-state index in [0.717, 1.165) is 19.3 Å². The first-order chi connectivity index (χ1) is 19.8. The van der Waals surface area contributed by atoms with Crippen molar-refractivity contribution in [3.05, 3.63) is 0 Å². The Bertz CT molecular complexity index is 638. The molecule has 11 heteroatoms. The Hall–Kier alpha value is -0.890. The molecule has 2 aliphatic heterocycles. The van der Waals surface area contributed by atoms with Crippen molar-refractivity contribution in [2.45, 2.75) is 158 Å². The van der Waals surface area contributed by atoms with Gasteiger partial charge in [0, 0.05) is 6.42 Å². The van der Waals surface area contributed by atoms with Gasteiger partial charge in [0.05, 0.1) is 26.4 Å². The van der Waals surface area contributed by atoms with Crippen LogP contribution in [-0.2, 0) is 19.0 Å². The molecule has 244 valence electrons. The van der Waals surface area contributed by atoms with Gasteiger partial charge in [-0.2, -0.15) is 0 Å². The van der Waals surface area contributed by atoms with E-state index < -0.39 is 62.0 Å². The van der Waals surface area contributed by atoms with Gasteiger partial charge in [0.25, 0.3) is 0 Å². The van der Waals surface area contributed by atoms with Crippen molar-refractivity contribution in [1.82, 2.24) is 0 Å². The highest BCUT2D eigenvalue weighted by Gasteiger charge is 2.41. The van der Waals surface area contributed by atoms with E-state index in [1.807, 2.05) is 0 Å². The van der Waals surface area contributed by atoms with Crippen molar-refractivity contribution in [1.29, 1.82) is 0 Å². The van der Waals surface area contributed by atoms with E-state index in [4.69, 9.17) is 34.6 Å². The molecule has 0 aromatic rings. The average Bonchev–Trinajstić information content (AvgIpc) is 3.49. The van der Waals surface area contributed by atoms with Crippen molar-refractivity contribution in [3.8, 4) is 0 Å². The molecule has 0 aliphatic carbocycles. The lowest BCUT2D eigenvalue weighted by molar-refractivity contribution is -0.162. The second-order valence-electron chi connectivity index (χ2n) is 11.4.